The largest absolute Gasteiger partial charge is 0.309 e. The summed E-state index contributed by atoms with van der Waals surface area (Å²) in [7, 11) is 1.87. The van der Waals surface area contributed by atoms with Gasteiger partial charge in [0.1, 0.15) is 0 Å². The van der Waals surface area contributed by atoms with Gasteiger partial charge in [0.2, 0.25) is 0 Å². The molecule has 0 aliphatic rings. The summed E-state index contributed by atoms with van der Waals surface area (Å²) in [6.07, 6.45) is 3.05. The molecular formula is C8H15BrN4. The van der Waals surface area contributed by atoms with Crippen LogP contribution in [0.1, 0.15) is 19.0 Å². The monoisotopic (exact) mass is 246 g/mol. The number of hydrogen-bond donors (Lipinski definition) is 1. The van der Waals surface area contributed by atoms with Crippen molar-refractivity contribution >= 4 is 15.9 Å². The van der Waals surface area contributed by atoms with Gasteiger partial charge >= 0.3 is 0 Å². The minimum absolute atomic E-state index is 0.515. The van der Waals surface area contributed by atoms with Crippen molar-refractivity contribution in [2.75, 3.05) is 5.33 Å². The lowest BCUT2D eigenvalue weighted by Crippen LogP contribution is -2.25. The maximum absolute atomic E-state index is 3.99. The summed E-state index contributed by atoms with van der Waals surface area (Å²) in [5, 5.41) is 12.2. The highest BCUT2D eigenvalue weighted by Gasteiger charge is 2.02. The molecular weight excluding hydrogens is 232 g/mol. The summed E-state index contributed by atoms with van der Waals surface area (Å²) >= 11 is 3.41. The molecule has 0 aliphatic carbocycles. The third kappa shape index (κ3) is 3.87. The van der Waals surface area contributed by atoms with Gasteiger partial charge in [0.25, 0.3) is 0 Å². The third-order valence-corrected chi connectivity index (χ3v) is 2.28. The Labute approximate surface area is 86.8 Å². The molecule has 0 saturated carbocycles. The summed E-state index contributed by atoms with van der Waals surface area (Å²) in [6.45, 7) is 2.96. The second kappa shape index (κ2) is 5.34. The molecule has 0 spiro atoms. The highest BCUT2D eigenvalue weighted by Crippen LogP contribution is 1.97. The lowest BCUT2D eigenvalue weighted by molar-refractivity contribution is 0.533. The topological polar surface area (TPSA) is 42.7 Å². The predicted molar refractivity (Wildman–Crippen MR) is 55.7 cm³/mol. The Balaban J connectivity index is 2.26. The lowest BCUT2D eigenvalue weighted by atomic mass is 10.2. The van der Waals surface area contributed by atoms with Gasteiger partial charge in [0.05, 0.1) is 5.69 Å². The van der Waals surface area contributed by atoms with E-state index < -0.39 is 0 Å². The molecule has 1 heterocycles. The van der Waals surface area contributed by atoms with Gasteiger partial charge in [0, 0.05) is 31.2 Å². The number of halogens is 1. The normalized spacial score (nSPS) is 13.2. The van der Waals surface area contributed by atoms with Gasteiger partial charge in [-0.1, -0.05) is 21.1 Å². The zero-order valence-corrected chi connectivity index (χ0v) is 9.58. The molecule has 0 aromatic carbocycles. The predicted octanol–water partition coefficient (Wildman–Crippen LogP) is 1.08. The van der Waals surface area contributed by atoms with Crippen molar-refractivity contribution in [2.45, 2.75) is 25.9 Å². The van der Waals surface area contributed by atoms with Gasteiger partial charge in [-0.05, 0) is 13.3 Å². The van der Waals surface area contributed by atoms with E-state index in [0.717, 1.165) is 24.0 Å². The van der Waals surface area contributed by atoms with Crippen LogP contribution in [-0.4, -0.2) is 26.4 Å². The Morgan fingerprint density at radius 1 is 1.69 bits per heavy atom. The summed E-state index contributed by atoms with van der Waals surface area (Å²) in [4.78, 5) is 0. The van der Waals surface area contributed by atoms with Crippen LogP contribution in [0.4, 0.5) is 0 Å². The zero-order chi connectivity index (χ0) is 9.68. The molecule has 1 unspecified atom stereocenters. The third-order valence-electron chi connectivity index (χ3n) is 1.82. The van der Waals surface area contributed by atoms with Crippen LogP contribution >= 0.6 is 15.9 Å². The molecule has 74 valence electrons. The van der Waals surface area contributed by atoms with E-state index in [1.54, 1.807) is 4.68 Å². The van der Waals surface area contributed by atoms with E-state index in [1.807, 2.05) is 13.2 Å². The fraction of sp³-hybridized carbons (Fsp3) is 0.750. The summed E-state index contributed by atoms with van der Waals surface area (Å²) in [5.74, 6) is 0. The van der Waals surface area contributed by atoms with Gasteiger partial charge in [0.15, 0.2) is 0 Å². The number of alkyl halides is 1. The molecule has 5 heteroatoms. The highest BCUT2D eigenvalue weighted by atomic mass is 79.9. The van der Waals surface area contributed by atoms with Crippen LogP contribution in [0.25, 0.3) is 0 Å². The van der Waals surface area contributed by atoms with Crippen molar-refractivity contribution in [2.24, 2.45) is 7.05 Å². The minimum atomic E-state index is 0.515. The molecule has 1 atom stereocenters. The number of nitrogens with zero attached hydrogens (tertiary/aromatic N) is 3. The Bertz CT molecular complexity index is 248. The number of nitrogens with one attached hydrogen (secondary N) is 1. The van der Waals surface area contributed by atoms with Crippen LogP contribution in [0.2, 0.25) is 0 Å². The zero-order valence-electron chi connectivity index (χ0n) is 8.00. The summed E-state index contributed by atoms with van der Waals surface area (Å²) in [6, 6.07) is 0.515. The SMILES string of the molecule is CC(CCBr)NCc1cn(C)nn1. The minimum Gasteiger partial charge on any atom is -0.309 e. The van der Waals surface area contributed by atoms with Crippen LogP contribution in [0.15, 0.2) is 6.20 Å². The molecule has 13 heavy (non-hydrogen) atoms. The van der Waals surface area contributed by atoms with Gasteiger partial charge in [-0.15, -0.1) is 5.10 Å². The van der Waals surface area contributed by atoms with E-state index in [4.69, 9.17) is 0 Å². The fourth-order valence-corrected chi connectivity index (χ4v) is 1.71. The van der Waals surface area contributed by atoms with Crippen molar-refractivity contribution in [3.63, 3.8) is 0 Å². The standard InChI is InChI=1S/C8H15BrN4/c1-7(3-4-9)10-5-8-6-13(2)12-11-8/h6-7,10H,3-5H2,1-2H3. The molecule has 0 aliphatic heterocycles. The fourth-order valence-electron chi connectivity index (χ4n) is 1.02. The van der Waals surface area contributed by atoms with E-state index in [1.165, 1.54) is 0 Å². The van der Waals surface area contributed by atoms with Crippen molar-refractivity contribution < 1.29 is 0 Å². The molecule has 0 bridgehead atoms. The van der Waals surface area contributed by atoms with E-state index in [-0.39, 0.29) is 0 Å². The number of aryl methyl sites for hydroxylation is 1. The molecule has 1 rings (SSSR count). The van der Waals surface area contributed by atoms with Crippen molar-refractivity contribution in [3.05, 3.63) is 11.9 Å². The first-order valence-electron chi connectivity index (χ1n) is 4.37. The molecule has 0 amide bonds. The highest BCUT2D eigenvalue weighted by molar-refractivity contribution is 9.09. The van der Waals surface area contributed by atoms with E-state index >= 15 is 0 Å². The van der Waals surface area contributed by atoms with Crippen LogP contribution in [0, 0.1) is 0 Å². The van der Waals surface area contributed by atoms with E-state index in [9.17, 15) is 0 Å². The van der Waals surface area contributed by atoms with Crippen molar-refractivity contribution in [3.8, 4) is 0 Å². The maximum atomic E-state index is 3.99. The van der Waals surface area contributed by atoms with Gasteiger partial charge in [-0.3, -0.25) is 4.68 Å². The molecule has 0 radical (unpaired) electrons. The first kappa shape index (κ1) is 10.7. The molecule has 1 N–H and O–H groups in total. The van der Waals surface area contributed by atoms with Crippen LogP contribution in [0.3, 0.4) is 0 Å². The second-order valence-corrected chi connectivity index (χ2v) is 3.94. The smallest absolute Gasteiger partial charge is 0.0964 e. The number of hydrogen-bond acceptors (Lipinski definition) is 3. The van der Waals surface area contributed by atoms with Gasteiger partial charge in [-0.2, -0.15) is 0 Å². The van der Waals surface area contributed by atoms with Gasteiger partial charge in [-0.25, -0.2) is 0 Å². The molecule has 0 saturated heterocycles. The lowest BCUT2D eigenvalue weighted by Gasteiger charge is -2.09. The van der Waals surface area contributed by atoms with Gasteiger partial charge < -0.3 is 5.32 Å². The van der Waals surface area contributed by atoms with Crippen molar-refractivity contribution in [1.82, 2.24) is 20.3 Å². The van der Waals surface area contributed by atoms with E-state index in [2.05, 4.69) is 38.5 Å². The summed E-state index contributed by atoms with van der Waals surface area (Å²) in [5.41, 5.74) is 0.990. The number of aromatic nitrogens is 3. The Kier molecular flexibility index (Phi) is 4.38. The van der Waals surface area contributed by atoms with Crippen molar-refractivity contribution in [1.29, 1.82) is 0 Å². The first-order chi connectivity index (χ1) is 6.22. The molecule has 1 aromatic heterocycles. The molecule has 1 aromatic rings. The average Bonchev–Trinajstić information content (AvgIpc) is 2.49. The first-order valence-corrected chi connectivity index (χ1v) is 5.49. The molecule has 4 nitrogen and oxygen atoms in total. The van der Waals surface area contributed by atoms with Crippen LogP contribution in [0.5, 0.6) is 0 Å². The number of rotatable bonds is 5. The quantitative estimate of drug-likeness (QED) is 0.792. The molecule has 0 fully saturated rings. The van der Waals surface area contributed by atoms with E-state index in [0.29, 0.717) is 6.04 Å². The maximum Gasteiger partial charge on any atom is 0.0964 e. The summed E-state index contributed by atoms with van der Waals surface area (Å²) < 4.78 is 1.71. The second-order valence-electron chi connectivity index (χ2n) is 3.14. The Hall–Kier alpha value is -0.420. The Morgan fingerprint density at radius 2 is 2.46 bits per heavy atom. The van der Waals surface area contributed by atoms with Crippen LogP contribution < -0.4 is 5.32 Å². The van der Waals surface area contributed by atoms with Crippen LogP contribution in [-0.2, 0) is 13.6 Å². The average molecular weight is 247 g/mol. The Morgan fingerprint density at radius 3 is 3.00 bits per heavy atom.